The number of alkyl halides is 1. The quantitative estimate of drug-likeness (QED) is 0.666. The first-order valence-electron chi connectivity index (χ1n) is 10.3. The van der Waals surface area contributed by atoms with Crippen LogP contribution < -0.4 is 5.32 Å². The third kappa shape index (κ3) is 2.86. The number of rotatable bonds is 4. The molecule has 4 saturated carbocycles. The molecule has 1 N–H and O–H groups in total. The van der Waals surface area contributed by atoms with E-state index in [1.807, 2.05) is 30.5 Å². The van der Waals surface area contributed by atoms with Gasteiger partial charge in [0.2, 0.25) is 5.91 Å². The van der Waals surface area contributed by atoms with Crippen molar-refractivity contribution >= 4 is 34.2 Å². The largest absolute Gasteiger partial charge is 0.323 e. The summed E-state index contributed by atoms with van der Waals surface area (Å²) in [6, 6.07) is 7.82. The fourth-order valence-corrected chi connectivity index (χ4v) is 7.04. The number of fused-ring (bicyclic) bond motifs is 1. The zero-order chi connectivity index (χ0) is 19.6. The number of para-hydroxylation sites is 1. The molecule has 7 rings (SSSR count). The van der Waals surface area contributed by atoms with Gasteiger partial charge in [-0.15, -0.1) is 16.7 Å². The van der Waals surface area contributed by atoms with Gasteiger partial charge in [-0.3, -0.25) is 4.79 Å². The van der Waals surface area contributed by atoms with Gasteiger partial charge < -0.3 is 5.32 Å². The summed E-state index contributed by atoms with van der Waals surface area (Å²) in [5.74, 6) is 1.31. The number of hydrogen-bond acceptors (Lipinski definition) is 4. The van der Waals surface area contributed by atoms with E-state index in [0.29, 0.717) is 18.5 Å². The fraction of sp³-hybridized carbons (Fsp3) is 0.524. The van der Waals surface area contributed by atoms with Gasteiger partial charge in [-0.1, -0.05) is 17.3 Å². The molecule has 29 heavy (non-hydrogen) atoms. The van der Waals surface area contributed by atoms with Gasteiger partial charge in [0.1, 0.15) is 12.2 Å². The molecular formula is C21H23ClN6O. The molecule has 4 fully saturated rings. The number of hydrogen-bond donors (Lipinski definition) is 1. The van der Waals surface area contributed by atoms with E-state index in [4.69, 9.17) is 11.6 Å². The number of aromatic nitrogens is 5. The summed E-state index contributed by atoms with van der Waals surface area (Å²) < 4.78 is 3.56. The van der Waals surface area contributed by atoms with E-state index in [1.54, 1.807) is 15.6 Å². The minimum atomic E-state index is -0.309. The Morgan fingerprint density at radius 2 is 2.00 bits per heavy atom. The van der Waals surface area contributed by atoms with Crippen LogP contribution in [0.2, 0.25) is 0 Å². The molecule has 2 aromatic heterocycles. The summed E-state index contributed by atoms with van der Waals surface area (Å²) in [5.41, 5.74) is 2.22. The maximum Gasteiger partial charge on any atom is 0.230 e. The molecule has 150 valence electrons. The van der Waals surface area contributed by atoms with Crippen molar-refractivity contribution in [2.45, 2.75) is 50.1 Å². The van der Waals surface area contributed by atoms with Crippen LogP contribution in [0, 0.1) is 17.3 Å². The van der Waals surface area contributed by atoms with Crippen LogP contribution in [0.3, 0.4) is 0 Å². The Kier molecular flexibility index (Phi) is 3.64. The normalized spacial score (nSPS) is 32.7. The minimum Gasteiger partial charge on any atom is -0.323 e. The van der Waals surface area contributed by atoms with Gasteiger partial charge in [0, 0.05) is 4.87 Å². The van der Waals surface area contributed by atoms with Crippen molar-refractivity contribution in [1.82, 2.24) is 24.8 Å². The lowest BCUT2D eigenvalue weighted by atomic mass is 9.49. The van der Waals surface area contributed by atoms with Crippen molar-refractivity contribution in [3.8, 4) is 0 Å². The van der Waals surface area contributed by atoms with Crippen LogP contribution in [-0.2, 0) is 11.5 Å². The molecule has 1 aromatic carbocycles. The Morgan fingerprint density at radius 1 is 1.21 bits per heavy atom. The molecule has 0 aliphatic heterocycles. The topological polar surface area (TPSA) is 77.6 Å². The van der Waals surface area contributed by atoms with Crippen molar-refractivity contribution in [2.24, 2.45) is 17.3 Å². The third-order valence-corrected chi connectivity index (χ3v) is 7.50. The molecule has 4 aliphatic carbocycles. The zero-order valence-electron chi connectivity index (χ0n) is 16.1. The van der Waals surface area contributed by atoms with Gasteiger partial charge in [0.05, 0.1) is 29.0 Å². The first-order chi connectivity index (χ1) is 14.0. The van der Waals surface area contributed by atoms with E-state index in [9.17, 15) is 4.79 Å². The molecule has 8 heteroatoms. The lowest BCUT2D eigenvalue weighted by molar-refractivity contribution is -0.138. The van der Waals surface area contributed by atoms with Crippen molar-refractivity contribution in [1.29, 1.82) is 0 Å². The zero-order valence-corrected chi connectivity index (χ0v) is 16.8. The van der Waals surface area contributed by atoms with Crippen LogP contribution in [0.25, 0.3) is 11.0 Å². The average Bonchev–Trinajstić information content (AvgIpc) is 3.27. The van der Waals surface area contributed by atoms with E-state index < -0.39 is 0 Å². The molecule has 2 heterocycles. The minimum absolute atomic E-state index is 0.113. The molecule has 2 unspecified atom stereocenters. The van der Waals surface area contributed by atoms with Crippen LogP contribution in [-0.4, -0.2) is 35.6 Å². The maximum atomic E-state index is 13.3. The summed E-state index contributed by atoms with van der Waals surface area (Å²) in [6.07, 6.45) is 9.70. The Hall–Kier alpha value is -2.41. The van der Waals surface area contributed by atoms with E-state index in [2.05, 4.69) is 20.7 Å². The van der Waals surface area contributed by atoms with E-state index in [-0.39, 0.29) is 16.2 Å². The smallest absolute Gasteiger partial charge is 0.230 e. The fourth-order valence-electron chi connectivity index (χ4n) is 6.34. The molecule has 0 saturated heterocycles. The summed E-state index contributed by atoms with van der Waals surface area (Å²) in [6.45, 7) is 0.441. The van der Waals surface area contributed by atoms with Gasteiger partial charge in [-0.05, 0) is 62.5 Å². The van der Waals surface area contributed by atoms with E-state index >= 15 is 0 Å². The first kappa shape index (κ1) is 17.4. The number of carbonyl (C=O) groups is 1. The number of nitrogens with one attached hydrogen (secondary N) is 1. The molecule has 4 aliphatic rings. The van der Waals surface area contributed by atoms with E-state index in [1.165, 1.54) is 6.42 Å². The van der Waals surface area contributed by atoms with Crippen molar-refractivity contribution in [2.75, 3.05) is 5.32 Å². The van der Waals surface area contributed by atoms with Gasteiger partial charge in [0.15, 0.2) is 0 Å². The lowest BCUT2D eigenvalue weighted by Crippen LogP contribution is -2.57. The standard InChI is InChI=1S/C21H23ClN6O/c22-21-8-14-5-15(9-21)7-20(6-14,12-21)19(29)24-16-10-23-27(11-16)13-28-18-4-2-1-3-17(18)25-26-28/h1-4,10-11,14-15H,5-9,12-13H2,(H,24,29)/t14-,15+,20?,21?. The number of carbonyl (C=O) groups excluding carboxylic acids is 1. The summed E-state index contributed by atoms with van der Waals surface area (Å²) in [7, 11) is 0. The highest BCUT2D eigenvalue weighted by molar-refractivity contribution is 6.24. The van der Waals surface area contributed by atoms with Gasteiger partial charge in [0.25, 0.3) is 0 Å². The molecule has 0 radical (unpaired) electrons. The third-order valence-electron chi connectivity index (χ3n) is 7.06. The Bertz CT molecular complexity index is 1090. The number of benzene rings is 1. The number of anilines is 1. The summed E-state index contributed by atoms with van der Waals surface area (Å²) >= 11 is 6.89. The summed E-state index contributed by atoms with van der Waals surface area (Å²) in [4.78, 5) is 13.1. The number of amides is 1. The van der Waals surface area contributed by atoms with Crippen LogP contribution in [0.15, 0.2) is 36.7 Å². The molecule has 4 bridgehead atoms. The second-order valence-electron chi connectivity index (χ2n) is 9.33. The van der Waals surface area contributed by atoms with Gasteiger partial charge in [-0.2, -0.15) is 5.10 Å². The Labute approximate surface area is 173 Å². The molecule has 0 spiro atoms. The monoisotopic (exact) mass is 410 g/mol. The van der Waals surface area contributed by atoms with Crippen LogP contribution in [0.4, 0.5) is 5.69 Å². The van der Waals surface area contributed by atoms with Crippen LogP contribution in [0.5, 0.6) is 0 Å². The van der Waals surface area contributed by atoms with Crippen molar-refractivity contribution in [3.05, 3.63) is 36.7 Å². The Morgan fingerprint density at radius 3 is 2.79 bits per heavy atom. The predicted octanol–water partition coefficient (Wildman–Crippen LogP) is 3.65. The second kappa shape index (κ2) is 6.05. The van der Waals surface area contributed by atoms with Crippen molar-refractivity contribution in [3.63, 3.8) is 0 Å². The average molecular weight is 411 g/mol. The molecular weight excluding hydrogens is 388 g/mol. The first-order valence-corrected chi connectivity index (χ1v) is 10.7. The second-order valence-corrected chi connectivity index (χ2v) is 10.1. The van der Waals surface area contributed by atoms with Crippen LogP contribution in [0.1, 0.15) is 38.5 Å². The number of halogens is 1. The molecule has 7 nitrogen and oxygen atoms in total. The van der Waals surface area contributed by atoms with Gasteiger partial charge >= 0.3 is 0 Å². The SMILES string of the molecule is O=C(Nc1cnn(Cn2nnc3ccccc32)c1)C12C[C@@H]3C[C@@H](CC(Cl)(C3)C1)C2. The molecule has 1 amide bonds. The highest BCUT2D eigenvalue weighted by Crippen LogP contribution is 2.64. The predicted molar refractivity (Wildman–Crippen MR) is 109 cm³/mol. The van der Waals surface area contributed by atoms with Gasteiger partial charge in [-0.25, -0.2) is 9.36 Å². The lowest BCUT2D eigenvalue weighted by Gasteiger charge is -2.59. The summed E-state index contributed by atoms with van der Waals surface area (Å²) in [5, 5.41) is 15.9. The number of nitrogens with zero attached hydrogens (tertiary/aromatic N) is 5. The molecule has 4 atom stereocenters. The Balaban J connectivity index is 1.19. The molecule has 3 aromatic rings. The highest BCUT2D eigenvalue weighted by Gasteiger charge is 2.60. The van der Waals surface area contributed by atoms with E-state index in [0.717, 1.165) is 48.8 Å². The maximum absolute atomic E-state index is 13.3. The van der Waals surface area contributed by atoms with Crippen LogP contribution >= 0.6 is 11.6 Å². The highest BCUT2D eigenvalue weighted by atomic mass is 35.5. The van der Waals surface area contributed by atoms with Crippen molar-refractivity contribution < 1.29 is 4.79 Å².